The molecule has 0 bridgehead atoms. The molecular formula is C14H21NO3. The van der Waals surface area contributed by atoms with Crippen molar-refractivity contribution in [3.8, 4) is 5.75 Å². The smallest absolute Gasteiger partial charge is 0.123 e. The molecule has 0 spiro atoms. The highest BCUT2D eigenvalue weighted by Crippen LogP contribution is 2.42. The minimum absolute atomic E-state index is 0.222. The summed E-state index contributed by atoms with van der Waals surface area (Å²) in [6.07, 6.45) is -0.610. The van der Waals surface area contributed by atoms with Crippen molar-refractivity contribution in [3.63, 3.8) is 0 Å². The van der Waals surface area contributed by atoms with Crippen LogP contribution in [0.5, 0.6) is 5.75 Å². The number of aliphatic hydroxyl groups excluding tert-OH is 1. The predicted molar refractivity (Wildman–Crippen MR) is 70.0 cm³/mol. The molecule has 1 aliphatic rings. The Kier molecular flexibility index (Phi) is 3.61. The molecule has 0 radical (unpaired) electrons. The summed E-state index contributed by atoms with van der Waals surface area (Å²) in [7, 11) is 1.65. The van der Waals surface area contributed by atoms with Crippen LogP contribution < -0.4 is 10.5 Å². The number of ether oxygens (including phenoxy) is 2. The van der Waals surface area contributed by atoms with Crippen LogP contribution in [0.15, 0.2) is 12.1 Å². The molecule has 0 saturated carbocycles. The molecule has 100 valence electrons. The van der Waals surface area contributed by atoms with Crippen LogP contribution in [0.4, 0.5) is 0 Å². The van der Waals surface area contributed by atoms with Crippen LogP contribution in [-0.4, -0.2) is 38.1 Å². The van der Waals surface area contributed by atoms with Crippen LogP contribution in [0.2, 0.25) is 0 Å². The summed E-state index contributed by atoms with van der Waals surface area (Å²) in [5, 5.41) is 10.2. The van der Waals surface area contributed by atoms with E-state index in [1.54, 1.807) is 7.11 Å². The molecule has 0 aromatic heterocycles. The zero-order valence-corrected chi connectivity index (χ0v) is 11.2. The Morgan fingerprint density at radius 2 is 2.11 bits per heavy atom. The molecule has 1 heterocycles. The molecule has 1 fully saturated rings. The second kappa shape index (κ2) is 4.88. The first-order valence-corrected chi connectivity index (χ1v) is 6.16. The molecule has 18 heavy (non-hydrogen) atoms. The second-order valence-electron chi connectivity index (χ2n) is 5.06. The van der Waals surface area contributed by atoms with E-state index in [0.29, 0.717) is 13.2 Å². The van der Waals surface area contributed by atoms with Gasteiger partial charge in [-0.3, -0.25) is 0 Å². The van der Waals surface area contributed by atoms with Crippen molar-refractivity contribution in [1.82, 2.24) is 0 Å². The van der Waals surface area contributed by atoms with E-state index in [1.807, 2.05) is 19.9 Å². The van der Waals surface area contributed by atoms with Crippen LogP contribution >= 0.6 is 0 Å². The predicted octanol–water partition coefficient (Wildman–Crippen LogP) is 0.900. The molecule has 1 aromatic rings. The number of aryl methyl sites for hydroxylation is 2. The van der Waals surface area contributed by atoms with Crippen LogP contribution in [0, 0.1) is 13.8 Å². The van der Waals surface area contributed by atoms with Gasteiger partial charge in [0.15, 0.2) is 0 Å². The quantitative estimate of drug-likeness (QED) is 0.834. The van der Waals surface area contributed by atoms with Gasteiger partial charge in [0.1, 0.15) is 5.75 Å². The molecule has 1 unspecified atom stereocenters. The van der Waals surface area contributed by atoms with Crippen molar-refractivity contribution in [2.45, 2.75) is 25.4 Å². The molecule has 4 heteroatoms. The monoisotopic (exact) mass is 251 g/mol. The van der Waals surface area contributed by atoms with E-state index >= 15 is 0 Å². The lowest BCUT2D eigenvalue weighted by atomic mass is 9.71. The highest BCUT2D eigenvalue weighted by molar-refractivity contribution is 5.49. The largest absolute Gasteiger partial charge is 0.496 e. The van der Waals surface area contributed by atoms with Crippen molar-refractivity contribution in [2.24, 2.45) is 5.73 Å². The number of benzene rings is 1. The lowest BCUT2D eigenvalue weighted by molar-refractivity contribution is -0.117. The maximum Gasteiger partial charge on any atom is 0.123 e. The third-order valence-electron chi connectivity index (χ3n) is 3.74. The molecule has 1 aliphatic heterocycles. The standard InChI is InChI=1S/C14H21NO3/c1-9-4-10(2)13(11(5-9)17-3)14(7-18-8-14)12(16)6-15/h4-5,12,16H,6-8,15H2,1-3H3. The fourth-order valence-electron chi connectivity index (χ4n) is 2.78. The van der Waals surface area contributed by atoms with Crippen molar-refractivity contribution in [1.29, 1.82) is 0 Å². The average molecular weight is 251 g/mol. The number of methoxy groups -OCH3 is 1. The van der Waals surface area contributed by atoms with Gasteiger partial charge >= 0.3 is 0 Å². The lowest BCUT2D eigenvalue weighted by Gasteiger charge is -2.46. The summed E-state index contributed by atoms with van der Waals surface area (Å²) >= 11 is 0. The van der Waals surface area contributed by atoms with Gasteiger partial charge in [-0.25, -0.2) is 0 Å². The summed E-state index contributed by atoms with van der Waals surface area (Å²) in [6.45, 7) is 5.27. The molecule has 1 aromatic carbocycles. The zero-order valence-electron chi connectivity index (χ0n) is 11.2. The van der Waals surface area contributed by atoms with Gasteiger partial charge in [0.25, 0.3) is 0 Å². The van der Waals surface area contributed by atoms with Crippen molar-refractivity contribution < 1.29 is 14.6 Å². The van der Waals surface area contributed by atoms with Gasteiger partial charge in [0.05, 0.1) is 31.8 Å². The van der Waals surface area contributed by atoms with Gasteiger partial charge in [0, 0.05) is 12.1 Å². The Morgan fingerprint density at radius 1 is 1.44 bits per heavy atom. The van der Waals surface area contributed by atoms with Gasteiger partial charge < -0.3 is 20.3 Å². The van der Waals surface area contributed by atoms with Crippen molar-refractivity contribution in [3.05, 3.63) is 28.8 Å². The first-order valence-electron chi connectivity index (χ1n) is 6.16. The Labute approximate surface area is 108 Å². The third kappa shape index (κ3) is 1.90. The minimum Gasteiger partial charge on any atom is -0.496 e. The number of nitrogens with two attached hydrogens (primary N) is 1. The van der Waals surface area contributed by atoms with E-state index in [9.17, 15) is 5.11 Å². The maximum atomic E-state index is 10.2. The van der Waals surface area contributed by atoms with Crippen LogP contribution in [-0.2, 0) is 10.2 Å². The van der Waals surface area contributed by atoms with E-state index in [4.69, 9.17) is 15.2 Å². The third-order valence-corrected chi connectivity index (χ3v) is 3.74. The normalized spacial score (nSPS) is 19.2. The molecular weight excluding hydrogens is 230 g/mol. The fraction of sp³-hybridized carbons (Fsp3) is 0.571. The van der Waals surface area contributed by atoms with Gasteiger partial charge in [-0.1, -0.05) is 6.07 Å². The minimum atomic E-state index is -0.610. The zero-order chi connectivity index (χ0) is 13.3. The fourth-order valence-corrected chi connectivity index (χ4v) is 2.78. The first-order chi connectivity index (χ1) is 8.55. The summed E-state index contributed by atoms with van der Waals surface area (Å²) in [4.78, 5) is 0. The van der Waals surface area contributed by atoms with Crippen molar-refractivity contribution in [2.75, 3.05) is 26.9 Å². The molecule has 1 saturated heterocycles. The van der Waals surface area contributed by atoms with Crippen LogP contribution in [0.3, 0.4) is 0 Å². The first kappa shape index (κ1) is 13.3. The van der Waals surface area contributed by atoms with Gasteiger partial charge in [-0.05, 0) is 31.0 Å². The molecule has 4 nitrogen and oxygen atoms in total. The van der Waals surface area contributed by atoms with Gasteiger partial charge in [-0.2, -0.15) is 0 Å². The Balaban J connectivity index is 2.55. The maximum absolute atomic E-state index is 10.2. The van der Waals surface area contributed by atoms with Crippen molar-refractivity contribution >= 4 is 0 Å². The van der Waals surface area contributed by atoms with E-state index < -0.39 is 11.5 Å². The molecule has 1 atom stereocenters. The van der Waals surface area contributed by atoms with Crippen LogP contribution in [0.25, 0.3) is 0 Å². The van der Waals surface area contributed by atoms with E-state index in [2.05, 4.69) is 6.07 Å². The number of hydrogen-bond acceptors (Lipinski definition) is 4. The SMILES string of the molecule is COc1cc(C)cc(C)c1C1(C(O)CN)COC1. The Morgan fingerprint density at radius 3 is 2.56 bits per heavy atom. The Bertz CT molecular complexity index is 441. The highest BCUT2D eigenvalue weighted by Gasteiger charge is 2.48. The lowest BCUT2D eigenvalue weighted by Crippen LogP contribution is -2.58. The summed E-state index contributed by atoms with van der Waals surface area (Å²) in [6, 6.07) is 4.09. The second-order valence-corrected chi connectivity index (χ2v) is 5.06. The van der Waals surface area contributed by atoms with E-state index in [1.165, 1.54) is 0 Å². The summed E-state index contributed by atoms with van der Waals surface area (Å²) < 4.78 is 10.8. The Hall–Kier alpha value is -1.10. The average Bonchev–Trinajstić information content (AvgIpc) is 2.29. The summed E-state index contributed by atoms with van der Waals surface area (Å²) in [5.74, 6) is 0.809. The summed E-state index contributed by atoms with van der Waals surface area (Å²) in [5.41, 5.74) is 8.50. The van der Waals surface area contributed by atoms with Crippen LogP contribution in [0.1, 0.15) is 16.7 Å². The van der Waals surface area contributed by atoms with E-state index in [-0.39, 0.29) is 6.54 Å². The number of aliphatic hydroxyl groups is 1. The molecule has 0 aliphatic carbocycles. The highest BCUT2D eigenvalue weighted by atomic mass is 16.5. The topological polar surface area (TPSA) is 64.7 Å². The molecule has 0 amide bonds. The molecule has 2 rings (SSSR count). The van der Waals surface area contributed by atoms with Gasteiger partial charge in [0.2, 0.25) is 0 Å². The number of rotatable bonds is 4. The van der Waals surface area contributed by atoms with Gasteiger partial charge in [-0.15, -0.1) is 0 Å². The van der Waals surface area contributed by atoms with E-state index in [0.717, 1.165) is 22.4 Å². The number of hydrogen-bond donors (Lipinski definition) is 2. The molecule has 3 N–H and O–H groups in total.